The Hall–Kier alpha value is -0.820. The molecule has 1 atom stereocenters. The molecule has 17 heavy (non-hydrogen) atoms. The third-order valence-electron chi connectivity index (χ3n) is 2.85. The van der Waals surface area contributed by atoms with Crippen molar-refractivity contribution in [2.75, 3.05) is 39.8 Å². The van der Waals surface area contributed by atoms with Crippen molar-refractivity contribution in [3.63, 3.8) is 0 Å². The Labute approximate surface area is 98.7 Å². The first kappa shape index (κ1) is 14.2. The molecular formula is C10H18F3N3O. The van der Waals surface area contributed by atoms with Crippen molar-refractivity contribution < 1.29 is 18.0 Å². The van der Waals surface area contributed by atoms with E-state index >= 15 is 0 Å². The van der Waals surface area contributed by atoms with Crippen LogP contribution in [0, 0.1) is 0 Å². The van der Waals surface area contributed by atoms with E-state index in [9.17, 15) is 18.0 Å². The molecule has 100 valence electrons. The van der Waals surface area contributed by atoms with Crippen LogP contribution in [-0.4, -0.2) is 67.7 Å². The molecular weight excluding hydrogens is 235 g/mol. The molecule has 7 heteroatoms. The van der Waals surface area contributed by atoms with Gasteiger partial charge in [-0.2, -0.15) is 13.2 Å². The molecule has 1 aliphatic heterocycles. The smallest absolute Gasteiger partial charge is 0.335 e. The molecule has 1 saturated heterocycles. The van der Waals surface area contributed by atoms with Gasteiger partial charge in [-0.25, -0.2) is 0 Å². The summed E-state index contributed by atoms with van der Waals surface area (Å²) in [6, 6.07) is -0.496. The standard InChI is InChI=1S/C10H18F3N3O/c1-8(16-5-3-14-4-6-16)9(17)15(2)7-10(11,12)13/h8,14H,3-7H2,1-2H3. The molecule has 4 nitrogen and oxygen atoms in total. The minimum absolute atomic E-state index is 0.482. The summed E-state index contributed by atoms with van der Waals surface area (Å²) in [6.07, 6.45) is -4.34. The fourth-order valence-corrected chi connectivity index (χ4v) is 1.89. The second kappa shape index (κ2) is 5.68. The Kier molecular flexibility index (Phi) is 4.76. The maximum Gasteiger partial charge on any atom is 0.406 e. The summed E-state index contributed by atoms with van der Waals surface area (Å²) in [7, 11) is 1.19. The number of amides is 1. The lowest BCUT2D eigenvalue weighted by atomic mass is 10.2. The van der Waals surface area contributed by atoms with Gasteiger partial charge in [0.05, 0.1) is 6.04 Å². The normalized spacial score (nSPS) is 20.1. The number of nitrogens with one attached hydrogen (secondary N) is 1. The fraction of sp³-hybridized carbons (Fsp3) is 0.900. The molecule has 0 saturated carbocycles. The Balaban J connectivity index is 2.50. The molecule has 0 aliphatic carbocycles. The van der Waals surface area contributed by atoms with Gasteiger partial charge < -0.3 is 10.2 Å². The SMILES string of the molecule is CC(C(=O)N(C)CC(F)(F)F)N1CCNCC1. The Morgan fingerprint density at radius 3 is 2.41 bits per heavy atom. The first-order valence-electron chi connectivity index (χ1n) is 5.58. The highest BCUT2D eigenvalue weighted by atomic mass is 19.4. The molecule has 0 aromatic rings. The first-order valence-corrected chi connectivity index (χ1v) is 5.58. The molecule has 0 radical (unpaired) electrons. The number of carbonyl (C=O) groups is 1. The van der Waals surface area contributed by atoms with Gasteiger partial charge in [0.15, 0.2) is 0 Å². The van der Waals surface area contributed by atoms with Crippen molar-refractivity contribution in [2.24, 2.45) is 0 Å². The highest BCUT2D eigenvalue weighted by Gasteiger charge is 2.34. The van der Waals surface area contributed by atoms with E-state index in [1.165, 1.54) is 7.05 Å². The van der Waals surface area contributed by atoms with Crippen molar-refractivity contribution in [2.45, 2.75) is 19.1 Å². The number of alkyl halides is 3. The number of carbonyl (C=O) groups excluding carboxylic acids is 1. The number of piperazine rings is 1. The molecule has 1 amide bonds. The molecule has 1 fully saturated rings. The summed E-state index contributed by atoms with van der Waals surface area (Å²) in [5.74, 6) is -0.482. The van der Waals surface area contributed by atoms with Gasteiger partial charge in [0.2, 0.25) is 5.91 Å². The lowest BCUT2D eigenvalue weighted by Crippen LogP contribution is -2.53. The van der Waals surface area contributed by atoms with Crippen LogP contribution in [0.2, 0.25) is 0 Å². The van der Waals surface area contributed by atoms with Gasteiger partial charge in [0.1, 0.15) is 6.54 Å². The van der Waals surface area contributed by atoms with E-state index in [0.29, 0.717) is 13.1 Å². The van der Waals surface area contributed by atoms with E-state index in [1.807, 2.05) is 4.90 Å². The van der Waals surface area contributed by atoms with Gasteiger partial charge in [-0.1, -0.05) is 0 Å². The highest BCUT2D eigenvalue weighted by Crippen LogP contribution is 2.16. The average molecular weight is 253 g/mol. The van der Waals surface area contributed by atoms with Crippen LogP contribution in [0.4, 0.5) is 13.2 Å². The number of halogens is 3. The van der Waals surface area contributed by atoms with Crippen molar-refractivity contribution >= 4 is 5.91 Å². The number of likely N-dealkylation sites (N-methyl/N-ethyl adjacent to an activating group) is 1. The van der Waals surface area contributed by atoms with E-state index in [4.69, 9.17) is 0 Å². The van der Waals surface area contributed by atoms with Gasteiger partial charge in [-0.15, -0.1) is 0 Å². The predicted molar refractivity (Wildman–Crippen MR) is 57.6 cm³/mol. The van der Waals surface area contributed by atoms with E-state index in [1.54, 1.807) is 6.92 Å². The zero-order chi connectivity index (χ0) is 13.1. The molecule has 1 unspecified atom stereocenters. The number of hydrogen-bond acceptors (Lipinski definition) is 3. The average Bonchev–Trinajstić information content (AvgIpc) is 2.26. The summed E-state index contributed by atoms with van der Waals surface area (Å²) in [6.45, 7) is 3.36. The van der Waals surface area contributed by atoms with E-state index in [2.05, 4.69) is 5.32 Å². The van der Waals surface area contributed by atoms with Crippen LogP contribution in [0.3, 0.4) is 0 Å². The maximum absolute atomic E-state index is 12.2. The molecule has 1 heterocycles. The largest absolute Gasteiger partial charge is 0.406 e. The van der Waals surface area contributed by atoms with Gasteiger partial charge in [-0.05, 0) is 6.92 Å². The number of rotatable bonds is 3. The molecule has 1 aliphatic rings. The van der Waals surface area contributed by atoms with E-state index in [-0.39, 0.29) is 0 Å². The van der Waals surface area contributed by atoms with Crippen molar-refractivity contribution in [1.82, 2.24) is 15.1 Å². The number of hydrogen-bond donors (Lipinski definition) is 1. The van der Waals surface area contributed by atoms with Crippen LogP contribution < -0.4 is 5.32 Å². The van der Waals surface area contributed by atoms with Crippen LogP contribution in [0.25, 0.3) is 0 Å². The van der Waals surface area contributed by atoms with Gasteiger partial charge in [0, 0.05) is 33.2 Å². The molecule has 0 bridgehead atoms. The molecule has 1 N–H and O–H groups in total. The van der Waals surface area contributed by atoms with Crippen LogP contribution in [-0.2, 0) is 4.79 Å². The van der Waals surface area contributed by atoms with E-state index in [0.717, 1.165) is 18.0 Å². The van der Waals surface area contributed by atoms with Gasteiger partial charge in [-0.3, -0.25) is 9.69 Å². The molecule has 0 spiro atoms. The molecule has 0 aromatic carbocycles. The van der Waals surface area contributed by atoms with Crippen LogP contribution in [0.15, 0.2) is 0 Å². The summed E-state index contributed by atoms with van der Waals surface area (Å²) in [5.41, 5.74) is 0. The van der Waals surface area contributed by atoms with E-state index < -0.39 is 24.7 Å². The van der Waals surface area contributed by atoms with Crippen LogP contribution in [0.5, 0.6) is 0 Å². The summed E-state index contributed by atoms with van der Waals surface area (Å²) >= 11 is 0. The lowest BCUT2D eigenvalue weighted by molar-refractivity contribution is -0.161. The second-order valence-corrected chi connectivity index (χ2v) is 4.27. The zero-order valence-corrected chi connectivity index (χ0v) is 10.0. The summed E-state index contributed by atoms with van der Waals surface area (Å²) in [5, 5.41) is 3.13. The highest BCUT2D eigenvalue weighted by molar-refractivity contribution is 5.81. The quantitative estimate of drug-likeness (QED) is 0.786. The fourth-order valence-electron chi connectivity index (χ4n) is 1.89. The monoisotopic (exact) mass is 253 g/mol. The molecule has 0 aromatic heterocycles. The van der Waals surface area contributed by atoms with Crippen molar-refractivity contribution in [3.05, 3.63) is 0 Å². The first-order chi connectivity index (χ1) is 7.81. The van der Waals surface area contributed by atoms with Gasteiger partial charge >= 0.3 is 6.18 Å². The third-order valence-corrected chi connectivity index (χ3v) is 2.85. The van der Waals surface area contributed by atoms with Gasteiger partial charge in [0.25, 0.3) is 0 Å². The second-order valence-electron chi connectivity index (χ2n) is 4.27. The molecule has 1 rings (SSSR count). The predicted octanol–water partition coefficient (Wildman–Crippen LogP) is 0.301. The minimum Gasteiger partial charge on any atom is -0.335 e. The summed E-state index contributed by atoms with van der Waals surface area (Å²) in [4.78, 5) is 14.4. The summed E-state index contributed by atoms with van der Waals surface area (Å²) < 4.78 is 36.5. The van der Waals surface area contributed by atoms with Crippen LogP contribution >= 0.6 is 0 Å². The maximum atomic E-state index is 12.2. The van der Waals surface area contributed by atoms with Crippen molar-refractivity contribution in [3.8, 4) is 0 Å². The Morgan fingerprint density at radius 1 is 1.41 bits per heavy atom. The zero-order valence-electron chi connectivity index (χ0n) is 10.0. The Morgan fingerprint density at radius 2 is 1.94 bits per heavy atom. The lowest BCUT2D eigenvalue weighted by Gasteiger charge is -2.34. The number of nitrogens with zero attached hydrogens (tertiary/aromatic N) is 2. The van der Waals surface area contributed by atoms with Crippen LogP contribution in [0.1, 0.15) is 6.92 Å². The Bertz CT molecular complexity index is 264. The topological polar surface area (TPSA) is 35.6 Å². The van der Waals surface area contributed by atoms with Crippen molar-refractivity contribution in [1.29, 1.82) is 0 Å². The third kappa shape index (κ3) is 4.51. The minimum atomic E-state index is -4.34.